The lowest BCUT2D eigenvalue weighted by Gasteiger charge is -2.30. The molecule has 112 valence electrons. The van der Waals surface area contributed by atoms with Crippen molar-refractivity contribution in [2.75, 3.05) is 38.6 Å². The zero-order chi connectivity index (χ0) is 14.5. The second-order valence-electron chi connectivity index (χ2n) is 5.89. The second-order valence-corrected chi connectivity index (χ2v) is 5.89. The average Bonchev–Trinajstić information content (AvgIpc) is 2.41. The van der Waals surface area contributed by atoms with Crippen molar-refractivity contribution in [2.45, 2.75) is 39.2 Å². The number of rotatable bonds is 5. The Bertz CT molecular complexity index is 489. The molecule has 1 aromatic rings. The van der Waals surface area contributed by atoms with Crippen molar-refractivity contribution in [2.24, 2.45) is 0 Å². The number of piperidine rings is 1. The highest BCUT2D eigenvalue weighted by Gasteiger charge is 2.17. The van der Waals surface area contributed by atoms with Gasteiger partial charge in [0, 0.05) is 31.4 Å². The van der Waals surface area contributed by atoms with Crippen molar-refractivity contribution in [3.63, 3.8) is 0 Å². The summed E-state index contributed by atoms with van der Waals surface area (Å²) in [6.45, 7) is 5.67. The van der Waals surface area contributed by atoms with Crippen LogP contribution in [0.4, 0.5) is 5.95 Å². The minimum atomic E-state index is 0.0804. The van der Waals surface area contributed by atoms with E-state index in [9.17, 15) is 4.79 Å². The van der Waals surface area contributed by atoms with E-state index in [0.717, 1.165) is 44.2 Å². The van der Waals surface area contributed by atoms with E-state index in [1.165, 1.54) is 19.3 Å². The predicted molar refractivity (Wildman–Crippen MR) is 82.5 cm³/mol. The minimum Gasteiger partial charge on any atom is -0.342 e. The number of anilines is 1. The van der Waals surface area contributed by atoms with Gasteiger partial charge in [-0.15, -0.1) is 0 Å². The van der Waals surface area contributed by atoms with E-state index < -0.39 is 0 Å². The molecule has 0 amide bonds. The number of aromatic nitrogens is 2. The normalized spacial score (nSPS) is 15.9. The first-order valence-electron chi connectivity index (χ1n) is 7.56. The third-order valence-electron chi connectivity index (χ3n) is 3.74. The molecule has 5 heteroatoms. The molecule has 0 unspecified atom stereocenters. The first kappa shape index (κ1) is 15.0. The van der Waals surface area contributed by atoms with Crippen LogP contribution in [0.1, 0.15) is 31.4 Å². The molecule has 1 fully saturated rings. The van der Waals surface area contributed by atoms with Gasteiger partial charge in [0.15, 0.2) is 0 Å². The van der Waals surface area contributed by atoms with E-state index in [2.05, 4.69) is 28.9 Å². The lowest BCUT2D eigenvalue weighted by Crippen LogP contribution is -2.37. The maximum Gasteiger partial charge on any atom is 0.255 e. The molecule has 2 rings (SSSR count). The fourth-order valence-electron chi connectivity index (χ4n) is 2.70. The van der Waals surface area contributed by atoms with Crippen LogP contribution in [0, 0.1) is 6.92 Å². The average molecular weight is 278 g/mol. The lowest BCUT2D eigenvalue weighted by molar-refractivity contribution is 0.383. The molecule has 5 nitrogen and oxygen atoms in total. The first-order chi connectivity index (χ1) is 9.58. The van der Waals surface area contributed by atoms with Crippen LogP contribution >= 0.6 is 0 Å². The summed E-state index contributed by atoms with van der Waals surface area (Å²) in [5, 5.41) is 0. The smallest absolute Gasteiger partial charge is 0.255 e. The van der Waals surface area contributed by atoms with Gasteiger partial charge < -0.3 is 9.80 Å². The first-order valence-corrected chi connectivity index (χ1v) is 7.56. The van der Waals surface area contributed by atoms with E-state index in [0.29, 0.717) is 0 Å². The Morgan fingerprint density at radius 3 is 2.60 bits per heavy atom. The largest absolute Gasteiger partial charge is 0.342 e. The fourth-order valence-corrected chi connectivity index (χ4v) is 2.70. The van der Waals surface area contributed by atoms with E-state index in [4.69, 9.17) is 0 Å². The van der Waals surface area contributed by atoms with Gasteiger partial charge in [0.25, 0.3) is 5.56 Å². The molecule has 1 saturated heterocycles. The molecule has 2 heterocycles. The molecule has 0 saturated carbocycles. The molecule has 0 radical (unpaired) electrons. The maximum atomic E-state index is 12.3. The van der Waals surface area contributed by atoms with Gasteiger partial charge in [-0.2, -0.15) is 0 Å². The molecule has 1 aromatic heterocycles. The van der Waals surface area contributed by atoms with Crippen molar-refractivity contribution < 1.29 is 0 Å². The molecule has 20 heavy (non-hydrogen) atoms. The van der Waals surface area contributed by atoms with Gasteiger partial charge >= 0.3 is 0 Å². The number of aryl methyl sites for hydroxylation is 1. The van der Waals surface area contributed by atoms with E-state index in [-0.39, 0.29) is 5.56 Å². The number of hydrogen-bond acceptors (Lipinski definition) is 4. The molecule has 0 atom stereocenters. The van der Waals surface area contributed by atoms with Crippen LogP contribution in [0.25, 0.3) is 0 Å². The Balaban J connectivity index is 2.21. The Morgan fingerprint density at radius 1 is 1.25 bits per heavy atom. The summed E-state index contributed by atoms with van der Waals surface area (Å²) in [5.41, 5.74) is 0.899. The monoisotopic (exact) mass is 278 g/mol. The number of hydrogen-bond donors (Lipinski definition) is 0. The Morgan fingerprint density at radius 2 is 1.95 bits per heavy atom. The van der Waals surface area contributed by atoms with Crippen LogP contribution in [0.5, 0.6) is 0 Å². The molecule has 0 aromatic carbocycles. The summed E-state index contributed by atoms with van der Waals surface area (Å²) in [5.74, 6) is 0.869. The van der Waals surface area contributed by atoms with Gasteiger partial charge in [-0.3, -0.25) is 9.36 Å². The fraction of sp³-hybridized carbons (Fsp3) is 0.733. The Hall–Kier alpha value is -1.36. The Labute approximate surface area is 121 Å². The summed E-state index contributed by atoms with van der Waals surface area (Å²) in [6, 6.07) is 1.64. The highest BCUT2D eigenvalue weighted by molar-refractivity contribution is 5.32. The summed E-state index contributed by atoms with van der Waals surface area (Å²) < 4.78 is 1.85. The summed E-state index contributed by atoms with van der Waals surface area (Å²) in [6.07, 6.45) is 4.65. The SMILES string of the molecule is Cc1cc(=O)n(CCCN(C)C)c(N2CCCCC2)n1. The molecule has 0 spiro atoms. The standard InChI is InChI=1S/C15H26N4O/c1-13-12-14(20)19(11-7-8-17(2)3)15(16-13)18-9-5-4-6-10-18/h12H,4-11H2,1-3H3. The molecule has 0 N–H and O–H groups in total. The second kappa shape index (κ2) is 6.88. The van der Waals surface area contributed by atoms with Gasteiger partial charge in [0.2, 0.25) is 5.95 Å². The van der Waals surface area contributed by atoms with Gasteiger partial charge in [-0.25, -0.2) is 4.98 Å². The third-order valence-corrected chi connectivity index (χ3v) is 3.74. The van der Waals surface area contributed by atoms with Crippen LogP contribution in [-0.2, 0) is 6.54 Å². The van der Waals surface area contributed by atoms with E-state index in [1.54, 1.807) is 6.07 Å². The topological polar surface area (TPSA) is 41.4 Å². The summed E-state index contributed by atoms with van der Waals surface area (Å²) >= 11 is 0. The van der Waals surface area contributed by atoms with Gasteiger partial charge in [-0.05, 0) is 53.2 Å². The summed E-state index contributed by atoms with van der Waals surface area (Å²) in [4.78, 5) is 21.3. The Kier molecular flexibility index (Phi) is 5.17. The molecular formula is C15H26N4O. The van der Waals surface area contributed by atoms with Crippen LogP contribution in [0.3, 0.4) is 0 Å². The van der Waals surface area contributed by atoms with Crippen molar-refractivity contribution in [1.82, 2.24) is 14.5 Å². The van der Waals surface area contributed by atoms with Crippen molar-refractivity contribution in [1.29, 1.82) is 0 Å². The molecule has 1 aliphatic heterocycles. The zero-order valence-corrected chi connectivity index (χ0v) is 12.9. The van der Waals surface area contributed by atoms with Crippen molar-refractivity contribution in [3.05, 3.63) is 22.1 Å². The van der Waals surface area contributed by atoms with E-state index in [1.807, 2.05) is 11.5 Å². The van der Waals surface area contributed by atoms with Crippen molar-refractivity contribution in [3.8, 4) is 0 Å². The van der Waals surface area contributed by atoms with Gasteiger partial charge in [0.05, 0.1) is 0 Å². The minimum absolute atomic E-state index is 0.0804. The van der Waals surface area contributed by atoms with Gasteiger partial charge in [0.1, 0.15) is 0 Å². The van der Waals surface area contributed by atoms with Crippen LogP contribution in [0.2, 0.25) is 0 Å². The van der Waals surface area contributed by atoms with E-state index >= 15 is 0 Å². The third kappa shape index (κ3) is 3.82. The molecule has 1 aliphatic rings. The highest BCUT2D eigenvalue weighted by Crippen LogP contribution is 2.17. The molecular weight excluding hydrogens is 252 g/mol. The van der Waals surface area contributed by atoms with Gasteiger partial charge in [-0.1, -0.05) is 0 Å². The zero-order valence-electron chi connectivity index (χ0n) is 12.9. The van der Waals surface area contributed by atoms with Crippen LogP contribution in [-0.4, -0.2) is 48.2 Å². The predicted octanol–water partition coefficient (Wildman–Crippen LogP) is 1.49. The highest BCUT2D eigenvalue weighted by atomic mass is 16.1. The summed E-state index contributed by atoms with van der Waals surface area (Å²) in [7, 11) is 4.11. The quantitative estimate of drug-likeness (QED) is 0.818. The van der Waals surface area contributed by atoms with Crippen molar-refractivity contribution >= 4 is 5.95 Å². The van der Waals surface area contributed by atoms with Crippen LogP contribution < -0.4 is 10.5 Å². The lowest BCUT2D eigenvalue weighted by atomic mass is 10.1. The molecule has 0 aliphatic carbocycles. The number of nitrogens with zero attached hydrogens (tertiary/aromatic N) is 4. The van der Waals surface area contributed by atoms with Crippen LogP contribution in [0.15, 0.2) is 10.9 Å². The maximum absolute atomic E-state index is 12.3. The molecule has 0 bridgehead atoms.